The van der Waals surface area contributed by atoms with E-state index in [9.17, 15) is 13.2 Å². The van der Waals surface area contributed by atoms with Crippen molar-refractivity contribution in [2.24, 2.45) is 7.05 Å². The summed E-state index contributed by atoms with van der Waals surface area (Å²) in [6.07, 6.45) is 8.59. The Bertz CT molecular complexity index is 1990. The van der Waals surface area contributed by atoms with Crippen molar-refractivity contribution in [3.8, 4) is 11.1 Å². The van der Waals surface area contributed by atoms with E-state index in [1.165, 1.54) is 0 Å². The number of anilines is 1. The van der Waals surface area contributed by atoms with Crippen molar-refractivity contribution in [2.75, 3.05) is 10.5 Å². The second-order valence-corrected chi connectivity index (χ2v) is 11.8. The molecule has 0 fully saturated rings. The van der Waals surface area contributed by atoms with E-state index < -0.39 is 15.6 Å². The zero-order chi connectivity index (χ0) is 28.1. The molecule has 0 saturated carbocycles. The fourth-order valence-corrected chi connectivity index (χ4v) is 5.86. The lowest BCUT2D eigenvalue weighted by Crippen LogP contribution is -2.35. The van der Waals surface area contributed by atoms with E-state index in [2.05, 4.69) is 19.7 Å². The first-order valence-corrected chi connectivity index (χ1v) is 14.4. The average Bonchev–Trinajstić information content (AvgIpc) is 3.56. The molecule has 6 aromatic rings. The van der Waals surface area contributed by atoms with Crippen molar-refractivity contribution >= 4 is 37.5 Å². The van der Waals surface area contributed by atoms with E-state index in [1.54, 1.807) is 42.3 Å². The van der Waals surface area contributed by atoms with E-state index in [0.717, 1.165) is 27.9 Å². The van der Waals surface area contributed by atoms with Crippen LogP contribution in [-0.2, 0) is 22.6 Å². The van der Waals surface area contributed by atoms with Gasteiger partial charge in [0.15, 0.2) is 0 Å². The second kappa shape index (κ2) is 9.45. The molecule has 0 aliphatic rings. The van der Waals surface area contributed by atoms with E-state index in [-0.39, 0.29) is 11.3 Å². The van der Waals surface area contributed by atoms with Crippen LogP contribution in [0.4, 0.5) is 5.69 Å². The number of aromatic amines is 1. The number of H-pyrrole nitrogens is 1. The van der Waals surface area contributed by atoms with Gasteiger partial charge >= 0.3 is 0 Å². The topological polar surface area (TPSA) is 128 Å². The van der Waals surface area contributed by atoms with Crippen LogP contribution in [0.3, 0.4) is 0 Å². The minimum Gasteiger partial charge on any atom is -0.345 e. The quantitative estimate of drug-likeness (QED) is 0.304. The van der Waals surface area contributed by atoms with Crippen molar-refractivity contribution < 1.29 is 8.42 Å². The summed E-state index contributed by atoms with van der Waals surface area (Å²) in [5.74, 6) is -0.0872. The average molecular weight is 554 g/mol. The molecule has 5 aromatic heterocycles. The van der Waals surface area contributed by atoms with E-state index in [4.69, 9.17) is 5.10 Å². The molecule has 10 nitrogen and oxygen atoms in total. The highest BCUT2D eigenvalue weighted by Crippen LogP contribution is 2.39. The Morgan fingerprint density at radius 1 is 1.00 bits per heavy atom. The van der Waals surface area contributed by atoms with Gasteiger partial charge in [-0.2, -0.15) is 5.10 Å². The molecule has 0 saturated heterocycles. The zero-order valence-electron chi connectivity index (χ0n) is 22.2. The molecular weight excluding hydrogens is 526 g/mol. The fourth-order valence-electron chi connectivity index (χ4n) is 5.21. The van der Waals surface area contributed by atoms with Crippen LogP contribution in [0.2, 0.25) is 0 Å². The normalized spacial score (nSPS) is 12.3. The Morgan fingerprint density at radius 2 is 1.70 bits per heavy atom. The second-order valence-electron chi connectivity index (χ2n) is 9.74. The molecule has 6 rings (SSSR count). The third kappa shape index (κ3) is 4.06. The predicted octanol–water partition coefficient (Wildman–Crippen LogP) is 4.25. The van der Waals surface area contributed by atoms with Crippen LogP contribution < -0.4 is 10.3 Å². The maximum Gasteiger partial charge on any atom is 0.272 e. The Labute approximate surface area is 230 Å². The summed E-state index contributed by atoms with van der Waals surface area (Å²) in [5, 5.41) is 6.17. The number of hydrogen-bond acceptors (Lipinski definition) is 6. The first-order chi connectivity index (χ1) is 19.2. The van der Waals surface area contributed by atoms with Gasteiger partial charge in [0.25, 0.3) is 5.56 Å². The Morgan fingerprint density at radius 3 is 2.33 bits per heavy atom. The van der Waals surface area contributed by atoms with E-state index in [1.807, 2.05) is 73.4 Å². The van der Waals surface area contributed by atoms with Crippen molar-refractivity contribution in [2.45, 2.75) is 19.4 Å². The van der Waals surface area contributed by atoms with Crippen LogP contribution in [0.1, 0.15) is 25.2 Å². The van der Waals surface area contributed by atoms with Crippen LogP contribution in [0.5, 0.6) is 0 Å². The summed E-state index contributed by atoms with van der Waals surface area (Å²) >= 11 is 0. The van der Waals surface area contributed by atoms with Crippen molar-refractivity contribution in [3.05, 3.63) is 107 Å². The number of nitrogens with one attached hydrogen (secondary N) is 2. The van der Waals surface area contributed by atoms with Gasteiger partial charge in [0.1, 0.15) is 11.1 Å². The number of pyridine rings is 3. The number of fused-ring (bicyclic) bond motifs is 2. The van der Waals surface area contributed by atoms with Gasteiger partial charge in [0, 0.05) is 48.2 Å². The van der Waals surface area contributed by atoms with E-state index in [0.29, 0.717) is 22.1 Å². The maximum atomic E-state index is 12.8. The number of rotatable bonds is 7. The monoisotopic (exact) mass is 553 g/mol. The summed E-state index contributed by atoms with van der Waals surface area (Å²) in [6.45, 7) is 3.58. The molecule has 5 heterocycles. The third-order valence-corrected chi connectivity index (χ3v) is 8.59. The molecule has 0 bridgehead atoms. The number of aryl methyl sites for hydroxylation is 1. The van der Waals surface area contributed by atoms with Crippen LogP contribution in [-0.4, -0.2) is 43.5 Å². The van der Waals surface area contributed by atoms with Gasteiger partial charge in [0.2, 0.25) is 10.0 Å². The lowest BCUT2D eigenvalue weighted by atomic mass is 9.91. The molecule has 202 valence electrons. The summed E-state index contributed by atoms with van der Waals surface area (Å²) in [7, 11) is -1.80. The molecule has 0 aliphatic carbocycles. The lowest BCUT2D eigenvalue weighted by Gasteiger charge is -2.30. The summed E-state index contributed by atoms with van der Waals surface area (Å²) < 4.78 is 31.9. The van der Waals surface area contributed by atoms with E-state index >= 15 is 0 Å². The SMILES string of the molecule is CCS(=O)(=O)Nc1cc(-c2cn(C)c3c(=O)[nH]ccc23)cc2c1cnn2C(C)(c1ccccn1)c1ccccn1. The molecule has 40 heavy (non-hydrogen) atoms. The Kier molecular flexibility index (Phi) is 6.03. The van der Waals surface area contributed by atoms with Crippen LogP contribution in [0, 0.1) is 0 Å². The largest absolute Gasteiger partial charge is 0.345 e. The summed E-state index contributed by atoms with van der Waals surface area (Å²) in [4.78, 5) is 24.7. The van der Waals surface area contributed by atoms with Gasteiger partial charge in [0.05, 0.1) is 34.5 Å². The van der Waals surface area contributed by atoms with Gasteiger partial charge in [-0.1, -0.05) is 12.1 Å². The Hall–Kier alpha value is -4.77. The minimum absolute atomic E-state index is 0.0872. The molecule has 2 N–H and O–H groups in total. The summed E-state index contributed by atoms with van der Waals surface area (Å²) in [5.41, 5.74) is 3.40. The Balaban J connectivity index is 1.69. The fraction of sp³-hybridized carbons (Fsp3) is 0.172. The summed E-state index contributed by atoms with van der Waals surface area (Å²) in [6, 6.07) is 17.0. The van der Waals surface area contributed by atoms with Crippen LogP contribution >= 0.6 is 0 Å². The van der Waals surface area contributed by atoms with Gasteiger partial charge in [-0.05, 0) is 61.9 Å². The molecule has 0 radical (unpaired) electrons. The molecule has 1 aromatic carbocycles. The van der Waals surface area contributed by atoms with Gasteiger partial charge < -0.3 is 9.55 Å². The molecule has 0 spiro atoms. The molecular formula is C29H27N7O3S. The highest BCUT2D eigenvalue weighted by Gasteiger charge is 2.36. The van der Waals surface area contributed by atoms with Gasteiger partial charge in [-0.3, -0.25) is 19.5 Å². The molecule has 0 amide bonds. The van der Waals surface area contributed by atoms with Crippen molar-refractivity contribution in [1.82, 2.24) is 29.3 Å². The number of hydrogen-bond donors (Lipinski definition) is 2. The van der Waals surface area contributed by atoms with Gasteiger partial charge in [-0.25, -0.2) is 13.1 Å². The molecule has 0 aliphatic heterocycles. The number of benzene rings is 1. The highest BCUT2D eigenvalue weighted by atomic mass is 32.2. The van der Waals surface area contributed by atoms with Crippen LogP contribution in [0.15, 0.2) is 90.4 Å². The maximum absolute atomic E-state index is 12.8. The molecule has 0 atom stereocenters. The zero-order valence-corrected chi connectivity index (χ0v) is 23.0. The minimum atomic E-state index is -3.61. The number of aromatic nitrogens is 6. The molecule has 0 unspecified atom stereocenters. The standard InChI is InChI=1S/C29H27N7O3S/c1-4-40(38,39)34-23-15-19(22-18-35(3)27-20(22)11-14-32-28(27)37)16-24-21(23)17-33-36(24)29(2,25-9-5-7-12-30-25)26-10-6-8-13-31-26/h5-18,34H,4H2,1-3H3,(H,32,37). The lowest BCUT2D eigenvalue weighted by molar-refractivity contribution is 0.417. The predicted molar refractivity (Wildman–Crippen MR) is 156 cm³/mol. The van der Waals surface area contributed by atoms with Gasteiger partial charge in [-0.15, -0.1) is 0 Å². The molecule has 11 heteroatoms. The van der Waals surface area contributed by atoms with Crippen molar-refractivity contribution in [1.29, 1.82) is 0 Å². The smallest absolute Gasteiger partial charge is 0.272 e. The highest BCUT2D eigenvalue weighted by molar-refractivity contribution is 7.92. The third-order valence-electron chi connectivity index (χ3n) is 7.30. The number of nitrogens with zero attached hydrogens (tertiary/aromatic N) is 5. The van der Waals surface area contributed by atoms with Crippen LogP contribution in [0.25, 0.3) is 32.9 Å². The number of sulfonamides is 1. The first kappa shape index (κ1) is 25.5. The first-order valence-electron chi connectivity index (χ1n) is 12.8. The van der Waals surface area contributed by atoms with Crippen molar-refractivity contribution in [3.63, 3.8) is 0 Å².